The molecular weight excluding hydrogens is 425 g/mol. The van der Waals surface area contributed by atoms with Gasteiger partial charge in [-0.15, -0.1) is 0 Å². The van der Waals surface area contributed by atoms with E-state index in [1.807, 2.05) is 12.1 Å². The first-order valence-corrected chi connectivity index (χ1v) is 8.98. The molecule has 7 heteroatoms. The molecule has 6 nitrogen and oxygen atoms in total. The first-order chi connectivity index (χ1) is 11.5. The Morgan fingerprint density at radius 2 is 1.96 bits per heavy atom. The van der Waals surface area contributed by atoms with Gasteiger partial charge in [0.15, 0.2) is 0 Å². The van der Waals surface area contributed by atoms with Gasteiger partial charge in [0.25, 0.3) is 5.91 Å². The van der Waals surface area contributed by atoms with Crippen LogP contribution in [-0.2, 0) is 25.6 Å². The highest BCUT2D eigenvalue weighted by Crippen LogP contribution is 2.30. The number of carbonyl (C=O) groups excluding carboxylic acids is 3. The fourth-order valence-corrected chi connectivity index (χ4v) is 3.36. The van der Waals surface area contributed by atoms with Gasteiger partial charge in [-0.25, -0.2) is 4.79 Å². The zero-order valence-corrected chi connectivity index (χ0v) is 15.9. The van der Waals surface area contributed by atoms with Gasteiger partial charge < -0.3 is 14.4 Å². The summed E-state index contributed by atoms with van der Waals surface area (Å²) in [6, 6.07) is 4.71. The van der Waals surface area contributed by atoms with Crippen molar-refractivity contribution in [2.45, 2.75) is 39.3 Å². The molecule has 0 saturated carbocycles. The molecule has 130 valence electrons. The van der Waals surface area contributed by atoms with Crippen LogP contribution in [0.15, 0.2) is 18.2 Å². The highest BCUT2D eigenvalue weighted by atomic mass is 127. The maximum Gasteiger partial charge on any atom is 0.328 e. The van der Waals surface area contributed by atoms with Crippen LogP contribution in [0.3, 0.4) is 0 Å². The van der Waals surface area contributed by atoms with Crippen LogP contribution in [0.4, 0.5) is 0 Å². The van der Waals surface area contributed by atoms with Crippen molar-refractivity contribution in [1.82, 2.24) is 4.90 Å². The van der Waals surface area contributed by atoms with Crippen molar-refractivity contribution in [3.63, 3.8) is 0 Å². The summed E-state index contributed by atoms with van der Waals surface area (Å²) in [5.41, 5.74) is 1.51. The molecule has 1 heterocycles. The Kier molecular flexibility index (Phi) is 6.59. The second-order valence-electron chi connectivity index (χ2n) is 5.31. The molecular formula is C17H20INO5. The molecule has 0 saturated heterocycles. The summed E-state index contributed by atoms with van der Waals surface area (Å²) >= 11 is 2.18. The third-order valence-electron chi connectivity index (χ3n) is 3.80. The quantitative estimate of drug-likeness (QED) is 0.477. The lowest BCUT2D eigenvalue weighted by atomic mass is 10.1. The third kappa shape index (κ3) is 4.06. The predicted molar refractivity (Wildman–Crippen MR) is 95.3 cm³/mol. The van der Waals surface area contributed by atoms with Crippen LogP contribution in [-0.4, -0.2) is 42.0 Å². The molecule has 1 aliphatic heterocycles. The van der Waals surface area contributed by atoms with Gasteiger partial charge in [0.2, 0.25) is 0 Å². The van der Waals surface area contributed by atoms with Crippen LogP contribution in [0, 0.1) is 3.57 Å². The van der Waals surface area contributed by atoms with Crippen molar-refractivity contribution in [3.05, 3.63) is 32.9 Å². The first kappa shape index (κ1) is 18.7. The number of esters is 2. The summed E-state index contributed by atoms with van der Waals surface area (Å²) in [5.74, 6) is -1.08. The first-order valence-electron chi connectivity index (χ1n) is 7.90. The van der Waals surface area contributed by atoms with Gasteiger partial charge in [-0.05, 0) is 60.6 Å². The highest BCUT2D eigenvalue weighted by molar-refractivity contribution is 14.1. The molecule has 0 N–H and O–H groups in total. The number of hydrogen-bond donors (Lipinski definition) is 0. The fourth-order valence-electron chi connectivity index (χ4n) is 2.70. The maximum absolute atomic E-state index is 12.7. The normalized spacial score (nSPS) is 14.3. The molecule has 24 heavy (non-hydrogen) atoms. The van der Waals surface area contributed by atoms with Gasteiger partial charge in [0.05, 0.1) is 13.2 Å². The molecule has 0 spiro atoms. The van der Waals surface area contributed by atoms with Crippen molar-refractivity contribution in [2.75, 3.05) is 13.2 Å². The van der Waals surface area contributed by atoms with Crippen LogP contribution < -0.4 is 0 Å². The minimum atomic E-state index is -0.787. The lowest BCUT2D eigenvalue weighted by Gasteiger charge is -2.25. The average Bonchev–Trinajstić information content (AvgIpc) is 2.87. The van der Waals surface area contributed by atoms with Crippen molar-refractivity contribution < 1.29 is 23.9 Å². The molecule has 1 aromatic carbocycles. The van der Waals surface area contributed by atoms with E-state index in [9.17, 15) is 14.4 Å². The number of ether oxygens (including phenoxy) is 2. The number of halogens is 1. The molecule has 0 unspecified atom stereocenters. The molecule has 1 amide bonds. The predicted octanol–water partition coefficient (Wildman–Crippen LogP) is 2.52. The molecule has 1 aliphatic rings. The topological polar surface area (TPSA) is 72.9 Å². The van der Waals surface area contributed by atoms with Crippen molar-refractivity contribution >= 4 is 40.4 Å². The summed E-state index contributed by atoms with van der Waals surface area (Å²) in [6.45, 7) is 4.29. The minimum absolute atomic E-state index is 0.0640. The average molecular weight is 445 g/mol. The Bertz CT molecular complexity index is 646. The molecule has 1 aromatic rings. The molecule has 0 aromatic heterocycles. The summed E-state index contributed by atoms with van der Waals surface area (Å²) in [4.78, 5) is 38.1. The van der Waals surface area contributed by atoms with Crippen LogP contribution in [0.5, 0.6) is 0 Å². The van der Waals surface area contributed by atoms with E-state index < -0.39 is 12.0 Å². The second kappa shape index (κ2) is 8.46. The molecule has 0 fully saturated rings. The van der Waals surface area contributed by atoms with Gasteiger partial charge >= 0.3 is 11.9 Å². The van der Waals surface area contributed by atoms with E-state index in [1.165, 1.54) is 4.90 Å². The SMILES string of the molecule is CCOC(=O)CC[C@@H](C(=O)OCC)N1Cc2c(I)cccc2C1=O. The summed E-state index contributed by atoms with van der Waals surface area (Å²) < 4.78 is 11.0. The Morgan fingerprint density at radius 1 is 1.25 bits per heavy atom. The van der Waals surface area contributed by atoms with Crippen molar-refractivity contribution in [2.24, 2.45) is 0 Å². The fraction of sp³-hybridized carbons (Fsp3) is 0.471. The second-order valence-corrected chi connectivity index (χ2v) is 6.47. The monoisotopic (exact) mass is 445 g/mol. The van der Waals surface area contributed by atoms with E-state index in [-0.39, 0.29) is 37.9 Å². The van der Waals surface area contributed by atoms with Gasteiger partial charge in [-0.1, -0.05) is 6.07 Å². The van der Waals surface area contributed by atoms with E-state index in [1.54, 1.807) is 19.9 Å². The van der Waals surface area contributed by atoms with E-state index in [4.69, 9.17) is 9.47 Å². The number of nitrogens with zero attached hydrogens (tertiary/aromatic N) is 1. The van der Waals surface area contributed by atoms with Crippen molar-refractivity contribution in [1.29, 1.82) is 0 Å². The van der Waals surface area contributed by atoms with E-state index in [0.717, 1.165) is 9.13 Å². The Hall–Kier alpha value is -1.64. The summed E-state index contributed by atoms with van der Waals surface area (Å²) in [5, 5.41) is 0. The lowest BCUT2D eigenvalue weighted by Crippen LogP contribution is -2.42. The Labute approximate surface area is 154 Å². The smallest absolute Gasteiger partial charge is 0.328 e. The number of fused-ring (bicyclic) bond motifs is 1. The van der Waals surface area contributed by atoms with E-state index >= 15 is 0 Å². The number of rotatable bonds is 7. The van der Waals surface area contributed by atoms with Gasteiger partial charge in [-0.2, -0.15) is 0 Å². The van der Waals surface area contributed by atoms with Crippen LogP contribution in [0.2, 0.25) is 0 Å². The van der Waals surface area contributed by atoms with Gasteiger partial charge in [0, 0.05) is 22.1 Å². The van der Waals surface area contributed by atoms with Crippen molar-refractivity contribution in [3.8, 4) is 0 Å². The number of amides is 1. The number of benzene rings is 1. The molecule has 0 radical (unpaired) electrons. The van der Waals surface area contributed by atoms with Crippen LogP contribution >= 0.6 is 22.6 Å². The lowest BCUT2D eigenvalue weighted by molar-refractivity contribution is -0.150. The zero-order valence-electron chi connectivity index (χ0n) is 13.7. The van der Waals surface area contributed by atoms with Crippen LogP contribution in [0.25, 0.3) is 0 Å². The maximum atomic E-state index is 12.7. The van der Waals surface area contributed by atoms with Crippen LogP contribution in [0.1, 0.15) is 42.6 Å². The molecule has 2 rings (SSSR count). The standard InChI is InChI=1S/C17H20INO5/c1-3-23-15(20)9-8-14(17(22)24-4-2)19-10-12-11(16(19)21)6-5-7-13(12)18/h5-7,14H,3-4,8-10H2,1-2H3/t14-/m0/s1. The van der Waals surface area contributed by atoms with E-state index in [2.05, 4.69) is 22.6 Å². The largest absolute Gasteiger partial charge is 0.466 e. The highest BCUT2D eigenvalue weighted by Gasteiger charge is 2.38. The van der Waals surface area contributed by atoms with Gasteiger partial charge in [-0.3, -0.25) is 9.59 Å². The molecule has 0 aliphatic carbocycles. The summed E-state index contributed by atoms with van der Waals surface area (Å²) in [7, 11) is 0. The number of carbonyl (C=O) groups is 3. The minimum Gasteiger partial charge on any atom is -0.466 e. The molecule has 1 atom stereocenters. The van der Waals surface area contributed by atoms with Gasteiger partial charge in [0.1, 0.15) is 6.04 Å². The summed E-state index contributed by atoms with van der Waals surface area (Å²) in [6.07, 6.45) is 0.252. The Morgan fingerprint density at radius 3 is 2.58 bits per heavy atom. The number of hydrogen-bond acceptors (Lipinski definition) is 5. The zero-order chi connectivity index (χ0) is 17.7. The Balaban J connectivity index is 2.19. The third-order valence-corrected chi connectivity index (χ3v) is 4.81. The van der Waals surface area contributed by atoms with E-state index in [0.29, 0.717) is 12.1 Å². The molecule has 0 bridgehead atoms.